The van der Waals surface area contributed by atoms with Crippen LogP contribution in [-0.2, 0) is 9.59 Å². The SMILES string of the molecule is CNc1cc(NC(=O)[C@@H](NC(=O)c2ccnn2C(C)C)C(C2CC2)C2CC2)c(F)cc1[C@@H](C)C(=O)NCC(F)(F)F. The maximum Gasteiger partial charge on any atom is 0.405 e. The van der Waals surface area contributed by atoms with Crippen LogP contribution in [0.25, 0.3) is 0 Å². The molecule has 1 aromatic carbocycles. The third kappa shape index (κ3) is 7.36. The minimum atomic E-state index is -4.58. The van der Waals surface area contributed by atoms with Gasteiger partial charge >= 0.3 is 6.18 Å². The highest BCUT2D eigenvalue weighted by molar-refractivity contribution is 6.01. The number of halogens is 4. The average molecular weight is 581 g/mol. The van der Waals surface area contributed by atoms with Crippen LogP contribution in [0.3, 0.4) is 0 Å². The second-order valence-electron chi connectivity index (χ2n) is 11.2. The van der Waals surface area contributed by atoms with Crippen molar-refractivity contribution in [2.45, 2.75) is 70.6 Å². The molecule has 1 aromatic heterocycles. The van der Waals surface area contributed by atoms with Crippen molar-refractivity contribution in [3.63, 3.8) is 0 Å². The minimum absolute atomic E-state index is 0.0776. The van der Waals surface area contributed by atoms with Crippen LogP contribution in [0.1, 0.15) is 74.5 Å². The number of aromatic nitrogens is 2. The zero-order valence-corrected chi connectivity index (χ0v) is 23.4. The number of anilines is 2. The smallest absolute Gasteiger partial charge is 0.388 e. The summed E-state index contributed by atoms with van der Waals surface area (Å²) in [6.45, 7) is 3.63. The number of amides is 3. The zero-order valence-electron chi connectivity index (χ0n) is 23.4. The number of rotatable bonds is 12. The second-order valence-corrected chi connectivity index (χ2v) is 11.2. The van der Waals surface area contributed by atoms with Crippen LogP contribution in [0.4, 0.5) is 28.9 Å². The van der Waals surface area contributed by atoms with Crippen molar-refractivity contribution in [2.24, 2.45) is 17.8 Å². The molecular weight excluding hydrogens is 544 g/mol. The van der Waals surface area contributed by atoms with E-state index < -0.39 is 48.2 Å². The van der Waals surface area contributed by atoms with Gasteiger partial charge in [0, 0.05) is 25.0 Å². The number of nitrogens with one attached hydrogen (secondary N) is 4. The normalized spacial score (nSPS) is 16.8. The third-order valence-electron chi connectivity index (χ3n) is 7.67. The van der Waals surface area contributed by atoms with Crippen molar-refractivity contribution in [3.8, 4) is 0 Å². The first-order chi connectivity index (χ1) is 19.3. The number of nitrogens with zero attached hydrogens (tertiary/aromatic N) is 2. The Bertz CT molecular complexity index is 1270. The molecule has 0 spiro atoms. The summed E-state index contributed by atoms with van der Waals surface area (Å²) in [6.07, 6.45) is 0.736. The lowest BCUT2D eigenvalue weighted by Gasteiger charge is -2.28. The molecule has 0 saturated heterocycles. The van der Waals surface area contributed by atoms with Crippen LogP contribution in [0.5, 0.6) is 0 Å². The van der Waals surface area contributed by atoms with Crippen molar-refractivity contribution in [2.75, 3.05) is 24.2 Å². The molecule has 2 saturated carbocycles. The summed E-state index contributed by atoms with van der Waals surface area (Å²) in [5.74, 6) is -3.44. The maximum absolute atomic E-state index is 15.3. The topological polar surface area (TPSA) is 117 Å². The van der Waals surface area contributed by atoms with Gasteiger partial charge in [-0.25, -0.2) is 4.39 Å². The van der Waals surface area contributed by atoms with Crippen molar-refractivity contribution < 1.29 is 31.9 Å². The molecule has 2 aromatic rings. The molecule has 0 radical (unpaired) electrons. The van der Waals surface area contributed by atoms with Crippen molar-refractivity contribution in [1.29, 1.82) is 0 Å². The van der Waals surface area contributed by atoms with Crippen molar-refractivity contribution in [1.82, 2.24) is 20.4 Å². The Hall–Kier alpha value is -3.64. The Kier molecular flexibility index (Phi) is 8.93. The molecule has 4 rings (SSSR count). The fraction of sp³-hybridized carbons (Fsp3) is 0.571. The van der Waals surface area contributed by atoms with Gasteiger partial charge in [-0.1, -0.05) is 0 Å². The summed E-state index contributed by atoms with van der Waals surface area (Å²) < 4.78 is 54.5. The van der Waals surface area contributed by atoms with Crippen LogP contribution in [0.15, 0.2) is 24.4 Å². The molecule has 1 heterocycles. The van der Waals surface area contributed by atoms with E-state index in [1.54, 1.807) is 10.7 Å². The molecule has 41 heavy (non-hydrogen) atoms. The molecule has 0 aliphatic heterocycles. The van der Waals surface area contributed by atoms with Gasteiger partial charge in [-0.2, -0.15) is 18.3 Å². The number of benzene rings is 1. The van der Waals surface area contributed by atoms with Gasteiger partial charge in [0.25, 0.3) is 5.91 Å². The van der Waals surface area contributed by atoms with E-state index in [1.807, 2.05) is 19.2 Å². The van der Waals surface area contributed by atoms with Crippen LogP contribution < -0.4 is 21.3 Å². The van der Waals surface area contributed by atoms with Gasteiger partial charge in [-0.3, -0.25) is 19.1 Å². The number of carbonyl (C=O) groups excluding carboxylic acids is 3. The minimum Gasteiger partial charge on any atom is -0.388 e. The van der Waals surface area contributed by atoms with E-state index in [0.29, 0.717) is 5.69 Å². The molecule has 2 fully saturated rings. The van der Waals surface area contributed by atoms with Crippen LogP contribution in [-0.4, -0.2) is 53.3 Å². The van der Waals surface area contributed by atoms with Crippen LogP contribution in [0.2, 0.25) is 0 Å². The lowest BCUT2D eigenvalue weighted by Crippen LogP contribution is -2.50. The Morgan fingerprint density at radius 3 is 2.20 bits per heavy atom. The summed E-state index contributed by atoms with van der Waals surface area (Å²) in [4.78, 5) is 39.3. The van der Waals surface area contributed by atoms with Gasteiger partial charge in [0.15, 0.2) is 0 Å². The molecule has 13 heteroatoms. The molecule has 2 aliphatic rings. The molecule has 224 valence electrons. The number of hydrogen-bond acceptors (Lipinski definition) is 5. The molecule has 2 aliphatic carbocycles. The van der Waals surface area contributed by atoms with E-state index in [1.165, 1.54) is 26.2 Å². The van der Waals surface area contributed by atoms with Gasteiger partial charge in [-0.15, -0.1) is 0 Å². The zero-order chi connectivity index (χ0) is 30.1. The van der Waals surface area contributed by atoms with E-state index >= 15 is 4.39 Å². The third-order valence-corrected chi connectivity index (χ3v) is 7.67. The Balaban J connectivity index is 1.57. The largest absolute Gasteiger partial charge is 0.405 e. The van der Waals surface area contributed by atoms with E-state index in [4.69, 9.17) is 0 Å². The average Bonchev–Trinajstić information content (AvgIpc) is 3.86. The number of alkyl halides is 3. The maximum atomic E-state index is 15.3. The first-order valence-corrected chi connectivity index (χ1v) is 13.8. The lowest BCUT2D eigenvalue weighted by atomic mass is 9.88. The lowest BCUT2D eigenvalue weighted by molar-refractivity contribution is -0.139. The molecule has 0 bridgehead atoms. The second kappa shape index (κ2) is 12.1. The monoisotopic (exact) mass is 580 g/mol. The Labute approximate surface area is 235 Å². The summed E-state index contributed by atoms with van der Waals surface area (Å²) in [7, 11) is 1.51. The Morgan fingerprint density at radius 2 is 1.66 bits per heavy atom. The fourth-order valence-corrected chi connectivity index (χ4v) is 5.30. The van der Waals surface area contributed by atoms with Crippen molar-refractivity contribution in [3.05, 3.63) is 41.5 Å². The van der Waals surface area contributed by atoms with Gasteiger partial charge in [0.05, 0.1) is 11.6 Å². The predicted molar refractivity (Wildman–Crippen MR) is 145 cm³/mol. The van der Waals surface area contributed by atoms with Gasteiger partial charge in [-0.05, 0) is 88.0 Å². The highest BCUT2D eigenvalue weighted by Crippen LogP contribution is 2.51. The molecule has 2 atom stereocenters. The van der Waals surface area contributed by atoms with E-state index in [9.17, 15) is 27.6 Å². The van der Waals surface area contributed by atoms with Gasteiger partial charge in [0.1, 0.15) is 24.1 Å². The molecular formula is C28H36F4N6O3. The van der Waals surface area contributed by atoms with Crippen LogP contribution in [0, 0.1) is 23.6 Å². The highest BCUT2D eigenvalue weighted by atomic mass is 19.4. The van der Waals surface area contributed by atoms with E-state index in [-0.39, 0.29) is 40.7 Å². The number of carbonyl (C=O) groups is 3. The fourth-order valence-electron chi connectivity index (χ4n) is 5.30. The first kappa shape index (κ1) is 30.3. The molecule has 9 nitrogen and oxygen atoms in total. The highest BCUT2D eigenvalue weighted by Gasteiger charge is 2.48. The first-order valence-electron chi connectivity index (χ1n) is 13.8. The summed E-state index contributed by atoms with van der Waals surface area (Å²) in [5.41, 5.74) is 0.527. The summed E-state index contributed by atoms with van der Waals surface area (Å²) >= 11 is 0. The molecule has 3 amide bonds. The molecule has 0 unspecified atom stereocenters. The predicted octanol–water partition coefficient (Wildman–Crippen LogP) is 4.60. The Morgan fingerprint density at radius 1 is 1.02 bits per heavy atom. The van der Waals surface area contributed by atoms with Gasteiger partial charge < -0.3 is 21.3 Å². The van der Waals surface area contributed by atoms with Crippen molar-refractivity contribution >= 4 is 29.1 Å². The van der Waals surface area contributed by atoms with E-state index in [0.717, 1.165) is 31.7 Å². The quantitative estimate of drug-likeness (QED) is 0.274. The van der Waals surface area contributed by atoms with E-state index in [2.05, 4.69) is 21.0 Å². The van der Waals surface area contributed by atoms with Gasteiger partial charge in [0.2, 0.25) is 11.8 Å². The summed E-state index contributed by atoms with van der Waals surface area (Å²) in [6, 6.07) is 2.91. The molecule has 4 N–H and O–H groups in total. The van der Waals surface area contributed by atoms with Crippen LogP contribution >= 0.6 is 0 Å². The summed E-state index contributed by atoms with van der Waals surface area (Å²) in [5, 5.41) is 14.4. The number of hydrogen-bond donors (Lipinski definition) is 4. The standard InChI is InChI=1S/C28H36F4N6O3/c1-14(2)38-22(9-10-35-38)26(40)37-24(23(16-5-6-16)17-7-8-17)27(41)36-21-12-20(33-4)18(11-19(21)29)15(3)25(39)34-13-28(30,31)32/h9-12,14-17,23-24,33H,5-8,13H2,1-4H3,(H,34,39)(H,36,41)(H,37,40)/t15-,24+/m1/s1.